The van der Waals surface area contributed by atoms with Gasteiger partial charge in [-0.2, -0.15) is 0 Å². The molecule has 14 heavy (non-hydrogen) atoms. The molecule has 0 N–H and O–H groups in total. The predicted octanol–water partition coefficient (Wildman–Crippen LogP) is 2.09. The summed E-state index contributed by atoms with van der Waals surface area (Å²) >= 11 is 3.60. The maximum Gasteiger partial charge on any atom is 0.224 e. The summed E-state index contributed by atoms with van der Waals surface area (Å²) in [4.78, 5) is 11.3. The molecule has 1 aromatic rings. The van der Waals surface area contributed by atoms with Crippen LogP contribution in [0, 0.1) is 5.92 Å². The summed E-state index contributed by atoms with van der Waals surface area (Å²) in [5.74, 6) is 1.62. The number of anilines is 1. The zero-order chi connectivity index (χ0) is 9.97. The van der Waals surface area contributed by atoms with Crippen LogP contribution in [0.2, 0.25) is 0 Å². The average Bonchev–Trinajstić information content (AvgIpc) is 2.17. The molecule has 0 spiro atoms. The first-order valence-electron chi connectivity index (χ1n) is 4.88. The van der Waals surface area contributed by atoms with Crippen molar-refractivity contribution in [3.05, 3.63) is 18.5 Å². The zero-order valence-electron chi connectivity index (χ0n) is 8.23. The van der Waals surface area contributed by atoms with Crippen LogP contribution in [0.4, 0.5) is 5.95 Å². The van der Waals surface area contributed by atoms with Gasteiger partial charge in [0.05, 0.1) is 0 Å². The van der Waals surface area contributed by atoms with Crippen molar-refractivity contribution < 1.29 is 0 Å². The van der Waals surface area contributed by atoms with E-state index in [1.807, 2.05) is 6.07 Å². The molecule has 4 heteroatoms. The first-order valence-corrected chi connectivity index (χ1v) is 5.79. The van der Waals surface area contributed by atoms with E-state index in [0.29, 0.717) is 0 Å². The number of nitrogens with zero attached hydrogens (tertiary/aromatic N) is 3. The second-order valence-electron chi connectivity index (χ2n) is 3.86. The van der Waals surface area contributed by atoms with Crippen molar-refractivity contribution in [2.75, 3.05) is 18.5 Å². The minimum atomic E-state index is 0.734. The number of aromatic nitrogens is 2. The lowest BCUT2D eigenvalue weighted by molar-refractivity contribution is 0.338. The van der Waals surface area contributed by atoms with Gasteiger partial charge in [-0.05, 0) is 24.8 Å². The summed E-state index contributed by atoms with van der Waals surface area (Å²) in [7, 11) is 2.05. The molecule has 1 aromatic heterocycles. The number of rotatable bonds is 3. The van der Waals surface area contributed by atoms with Crippen LogP contribution in [0.3, 0.4) is 0 Å². The molecule has 1 fully saturated rings. The Kier molecular flexibility index (Phi) is 3.01. The third kappa shape index (κ3) is 2.23. The number of alkyl halides is 1. The van der Waals surface area contributed by atoms with Gasteiger partial charge in [-0.1, -0.05) is 15.9 Å². The van der Waals surface area contributed by atoms with Gasteiger partial charge < -0.3 is 4.90 Å². The molecular weight excluding hydrogens is 242 g/mol. The summed E-state index contributed by atoms with van der Waals surface area (Å²) in [6, 6.07) is 1.84. The fourth-order valence-electron chi connectivity index (χ4n) is 1.76. The van der Waals surface area contributed by atoms with E-state index in [9.17, 15) is 0 Å². The molecule has 0 aromatic carbocycles. The molecule has 0 bridgehead atoms. The molecule has 0 unspecified atom stereocenters. The van der Waals surface area contributed by atoms with Crippen LogP contribution in [0.1, 0.15) is 12.8 Å². The van der Waals surface area contributed by atoms with Crippen molar-refractivity contribution in [2.45, 2.75) is 17.7 Å². The van der Waals surface area contributed by atoms with E-state index in [4.69, 9.17) is 0 Å². The van der Waals surface area contributed by atoms with Gasteiger partial charge in [0, 0.05) is 30.8 Å². The first kappa shape index (κ1) is 9.90. The Bertz CT molecular complexity index is 285. The molecule has 0 amide bonds. The van der Waals surface area contributed by atoms with Crippen molar-refractivity contribution in [1.29, 1.82) is 0 Å². The minimum absolute atomic E-state index is 0.734. The van der Waals surface area contributed by atoms with Gasteiger partial charge in [-0.3, -0.25) is 0 Å². The van der Waals surface area contributed by atoms with Gasteiger partial charge in [0.1, 0.15) is 0 Å². The summed E-state index contributed by atoms with van der Waals surface area (Å²) in [5, 5.41) is 0. The largest absolute Gasteiger partial charge is 0.344 e. The van der Waals surface area contributed by atoms with Crippen molar-refractivity contribution in [1.82, 2.24) is 9.97 Å². The van der Waals surface area contributed by atoms with Crippen LogP contribution in [-0.2, 0) is 0 Å². The van der Waals surface area contributed by atoms with Gasteiger partial charge in [0.2, 0.25) is 5.95 Å². The molecule has 1 saturated carbocycles. The second kappa shape index (κ2) is 4.26. The summed E-state index contributed by atoms with van der Waals surface area (Å²) in [5.41, 5.74) is 0. The fourth-order valence-corrected chi connectivity index (χ4v) is 2.82. The Balaban J connectivity index is 1.87. The smallest absolute Gasteiger partial charge is 0.224 e. The van der Waals surface area contributed by atoms with Crippen LogP contribution in [0.15, 0.2) is 18.5 Å². The SMILES string of the molecule is CN(CC1CC(Br)C1)c1ncccn1. The Morgan fingerprint density at radius 1 is 1.43 bits per heavy atom. The Labute approximate surface area is 92.7 Å². The van der Waals surface area contributed by atoms with Gasteiger partial charge in [-0.25, -0.2) is 9.97 Å². The van der Waals surface area contributed by atoms with E-state index in [-0.39, 0.29) is 0 Å². The molecular formula is C10H14BrN3. The van der Waals surface area contributed by atoms with Crippen LogP contribution in [-0.4, -0.2) is 28.4 Å². The monoisotopic (exact) mass is 255 g/mol. The number of halogens is 1. The highest BCUT2D eigenvalue weighted by molar-refractivity contribution is 9.09. The molecule has 76 valence electrons. The molecule has 3 nitrogen and oxygen atoms in total. The molecule has 0 radical (unpaired) electrons. The minimum Gasteiger partial charge on any atom is -0.344 e. The van der Waals surface area contributed by atoms with Gasteiger partial charge in [0.25, 0.3) is 0 Å². The van der Waals surface area contributed by atoms with Crippen LogP contribution in [0.5, 0.6) is 0 Å². The van der Waals surface area contributed by atoms with E-state index in [1.165, 1.54) is 12.8 Å². The zero-order valence-corrected chi connectivity index (χ0v) is 9.81. The first-order chi connectivity index (χ1) is 6.75. The molecule has 1 heterocycles. The van der Waals surface area contributed by atoms with Crippen molar-refractivity contribution in [2.24, 2.45) is 5.92 Å². The highest BCUT2D eigenvalue weighted by atomic mass is 79.9. The lowest BCUT2D eigenvalue weighted by Crippen LogP contribution is -2.35. The normalized spacial score (nSPS) is 25.6. The summed E-state index contributed by atoms with van der Waals surface area (Å²) in [6.07, 6.45) is 6.12. The highest BCUT2D eigenvalue weighted by Crippen LogP contribution is 2.33. The molecule has 0 saturated heterocycles. The topological polar surface area (TPSA) is 29.0 Å². The van der Waals surface area contributed by atoms with E-state index < -0.39 is 0 Å². The maximum atomic E-state index is 4.21. The van der Waals surface area contributed by atoms with Crippen LogP contribution >= 0.6 is 15.9 Å². The molecule has 0 atom stereocenters. The molecule has 1 aliphatic carbocycles. The Morgan fingerprint density at radius 3 is 2.64 bits per heavy atom. The maximum absolute atomic E-state index is 4.21. The van der Waals surface area contributed by atoms with Crippen molar-refractivity contribution in [3.8, 4) is 0 Å². The van der Waals surface area contributed by atoms with Gasteiger partial charge in [0.15, 0.2) is 0 Å². The second-order valence-corrected chi connectivity index (χ2v) is 5.16. The van der Waals surface area contributed by atoms with Crippen LogP contribution in [0.25, 0.3) is 0 Å². The van der Waals surface area contributed by atoms with Gasteiger partial charge >= 0.3 is 0 Å². The third-order valence-electron chi connectivity index (χ3n) is 2.60. The van der Waals surface area contributed by atoms with Crippen molar-refractivity contribution in [3.63, 3.8) is 0 Å². The third-order valence-corrected chi connectivity index (χ3v) is 3.35. The van der Waals surface area contributed by atoms with Gasteiger partial charge in [-0.15, -0.1) is 0 Å². The van der Waals surface area contributed by atoms with E-state index >= 15 is 0 Å². The summed E-state index contributed by atoms with van der Waals surface area (Å²) in [6.45, 7) is 1.06. The lowest BCUT2D eigenvalue weighted by Gasteiger charge is -2.34. The molecule has 1 aliphatic rings. The predicted molar refractivity (Wildman–Crippen MR) is 60.7 cm³/mol. The van der Waals surface area contributed by atoms with E-state index in [2.05, 4.69) is 37.8 Å². The van der Waals surface area contributed by atoms with Crippen molar-refractivity contribution >= 4 is 21.9 Å². The molecule has 0 aliphatic heterocycles. The highest BCUT2D eigenvalue weighted by Gasteiger charge is 2.27. The standard InChI is InChI=1S/C10H14BrN3/c1-14(7-8-5-9(11)6-8)10-12-3-2-4-13-10/h2-4,8-9H,5-7H2,1H3. The Morgan fingerprint density at radius 2 is 2.07 bits per heavy atom. The number of hydrogen-bond acceptors (Lipinski definition) is 3. The lowest BCUT2D eigenvalue weighted by atomic mass is 9.85. The molecule has 2 rings (SSSR count). The average molecular weight is 256 g/mol. The van der Waals surface area contributed by atoms with E-state index in [0.717, 1.165) is 23.2 Å². The quantitative estimate of drug-likeness (QED) is 0.775. The van der Waals surface area contributed by atoms with E-state index in [1.54, 1.807) is 12.4 Å². The fraction of sp³-hybridized carbons (Fsp3) is 0.600. The number of hydrogen-bond donors (Lipinski definition) is 0. The Hall–Kier alpha value is -0.640. The summed E-state index contributed by atoms with van der Waals surface area (Å²) < 4.78 is 0. The van der Waals surface area contributed by atoms with Crippen LogP contribution < -0.4 is 4.90 Å².